The first kappa shape index (κ1) is 23.5. The van der Waals surface area contributed by atoms with Crippen molar-refractivity contribution in [3.8, 4) is 5.88 Å². The molecule has 3 rings (SSSR count). The lowest BCUT2D eigenvalue weighted by molar-refractivity contribution is -0.129. The molecule has 0 radical (unpaired) electrons. The minimum absolute atomic E-state index is 0.0610. The molecule has 2 heterocycles. The fourth-order valence-corrected chi connectivity index (χ4v) is 3.58. The van der Waals surface area contributed by atoms with E-state index in [-0.39, 0.29) is 42.4 Å². The van der Waals surface area contributed by atoms with E-state index in [0.29, 0.717) is 18.7 Å². The highest BCUT2D eigenvalue weighted by Gasteiger charge is 2.34. The summed E-state index contributed by atoms with van der Waals surface area (Å²) in [6.45, 7) is 5.94. The summed E-state index contributed by atoms with van der Waals surface area (Å²) in [6.07, 6.45) is 5.18. The van der Waals surface area contributed by atoms with E-state index in [4.69, 9.17) is 4.74 Å². The minimum Gasteiger partial charge on any atom is -0.472 e. The van der Waals surface area contributed by atoms with Crippen LogP contribution in [0.4, 0.5) is 0 Å². The summed E-state index contributed by atoms with van der Waals surface area (Å²) < 4.78 is 6.18. The summed E-state index contributed by atoms with van der Waals surface area (Å²) in [5.74, 6) is -0.110. The molecule has 1 aliphatic rings. The normalized spacial score (nSPS) is 19.7. The summed E-state index contributed by atoms with van der Waals surface area (Å²) in [4.78, 5) is 32.9. The largest absolute Gasteiger partial charge is 0.472 e. The molecule has 2 aromatic rings. The molecule has 0 fully saturated rings. The number of fused-ring (bicyclic) bond motifs is 1. The maximum absolute atomic E-state index is 13.4. The Bertz CT molecular complexity index is 976. The van der Waals surface area contributed by atoms with Crippen LogP contribution in [-0.4, -0.2) is 70.6 Å². The summed E-state index contributed by atoms with van der Waals surface area (Å²) in [7, 11) is 1.72. The molecule has 0 saturated carbocycles. The number of ether oxygens (including phenoxy) is 1. The number of amides is 2. The Balaban J connectivity index is 1.98. The molecule has 0 spiro atoms. The van der Waals surface area contributed by atoms with Crippen LogP contribution in [0.5, 0.6) is 5.88 Å². The van der Waals surface area contributed by atoms with E-state index in [1.807, 2.05) is 56.3 Å². The summed E-state index contributed by atoms with van der Waals surface area (Å²) in [6, 6.07) is 11.3. The Morgan fingerprint density at radius 3 is 2.66 bits per heavy atom. The van der Waals surface area contributed by atoms with E-state index in [1.54, 1.807) is 29.1 Å². The number of aliphatic hydroxyl groups is 1. The monoisotopic (exact) mass is 437 g/mol. The summed E-state index contributed by atoms with van der Waals surface area (Å²) in [5, 5.41) is 9.75. The van der Waals surface area contributed by atoms with Crippen LogP contribution in [0.2, 0.25) is 0 Å². The minimum atomic E-state index is -0.356. The lowest BCUT2D eigenvalue weighted by Crippen LogP contribution is -2.50. The predicted molar refractivity (Wildman–Crippen MR) is 124 cm³/mol. The van der Waals surface area contributed by atoms with Crippen molar-refractivity contribution in [1.29, 1.82) is 0 Å². The smallest absolute Gasteiger partial charge is 0.259 e. The first-order valence-electron chi connectivity index (χ1n) is 10.8. The molecule has 0 saturated heterocycles. The second-order valence-electron chi connectivity index (χ2n) is 8.39. The Morgan fingerprint density at radius 1 is 1.31 bits per heavy atom. The molecule has 32 heavy (non-hydrogen) atoms. The molecule has 0 bridgehead atoms. The molecule has 7 heteroatoms. The van der Waals surface area contributed by atoms with Crippen LogP contribution in [0.1, 0.15) is 42.3 Å². The van der Waals surface area contributed by atoms with Gasteiger partial charge in [0.2, 0.25) is 11.8 Å². The second kappa shape index (κ2) is 10.4. The molecular formula is C25H31N3O4. The van der Waals surface area contributed by atoms with Crippen molar-refractivity contribution in [2.75, 3.05) is 26.7 Å². The van der Waals surface area contributed by atoms with E-state index >= 15 is 0 Å². The van der Waals surface area contributed by atoms with E-state index < -0.39 is 0 Å². The third kappa shape index (κ3) is 5.53. The summed E-state index contributed by atoms with van der Waals surface area (Å²) in [5.41, 5.74) is 2.16. The maximum atomic E-state index is 13.4. The number of rotatable bonds is 6. The molecule has 7 nitrogen and oxygen atoms in total. The Morgan fingerprint density at radius 2 is 2.00 bits per heavy atom. The van der Waals surface area contributed by atoms with E-state index in [0.717, 1.165) is 11.1 Å². The van der Waals surface area contributed by atoms with E-state index in [2.05, 4.69) is 4.98 Å². The van der Waals surface area contributed by atoms with Crippen molar-refractivity contribution >= 4 is 24.0 Å². The number of carbonyl (C=O) groups is 2. The van der Waals surface area contributed by atoms with Crippen molar-refractivity contribution in [1.82, 2.24) is 14.8 Å². The zero-order valence-corrected chi connectivity index (χ0v) is 19.1. The number of nitrogens with zero attached hydrogens (tertiary/aromatic N) is 3. The highest BCUT2D eigenvalue weighted by atomic mass is 16.5. The number of carbonyl (C=O) groups excluding carboxylic acids is 2. The van der Waals surface area contributed by atoms with Gasteiger partial charge < -0.3 is 19.6 Å². The topological polar surface area (TPSA) is 83.0 Å². The van der Waals surface area contributed by atoms with Gasteiger partial charge in [-0.2, -0.15) is 0 Å². The predicted octanol–water partition coefficient (Wildman–Crippen LogP) is 2.95. The standard InChI is InChI=1S/C25H31N3O4/c1-17-14-28(18(2)16-29)25(31)22-12-21(11-10-20-8-6-5-7-9-20)13-26-24(22)32-23(17)15-27(4)19(3)30/h5-13,17-18,23,29H,14-16H2,1-4H3/b11-10+/t17-,18-,23-/m1/s1. The Kier molecular flexibility index (Phi) is 7.64. The van der Waals surface area contributed by atoms with Gasteiger partial charge in [0.25, 0.3) is 5.91 Å². The van der Waals surface area contributed by atoms with E-state index in [1.165, 1.54) is 6.92 Å². The molecule has 0 aliphatic carbocycles. The number of hydrogen-bond acceptors (Lipinski definition) is 5. The van der Waals surface area contributed by atoms with Crippen LogP contribution in [0, 0.1) is 5.92 Å². The van der Waals surface area contributed by atoms with Crippen LogP contribution < -0.4 is 4.74 Å². The SMILES string of the molecule is CC(=O)N(C)C[C@H]1Oc2ncc(/C=C/c3ccccc3)cc2C(=O)N([C@H](C)CO)C[C@H]1C. The Hall–Kier alpha value is -3.19. The van der Waals surface area contributed by atoms with Gasteiger partial charge in [0, 0.05) is 32.6 Å². The van der Waals surface area contributed by atoms with Crippen molar-refractivity contribution in [3.05, 3.63) is 59.3 Å². The van der Waals surface area contributed by atoms with Crippen LogP contribution in [0.15, 0.2) is 42.6 Å². The van der Waals surface area contributed by atoms with Gasteiger partial charge in [0.1, 0.15) is 11.7 Å². The first-order chi connectivity index (χ1) is 15.3. The molecule has 2 amide bonds. The van der Waals surface area contributed by atoms with Gasteiger partial charge in [0.05, 0.1) is 19.2 Å². The highest BCUT2D eigenvalue weighted by Crippen LogP contribution is 2.28. The molecule has 0 unspecified atom stereocenters. The van der Waals surface area contributed by atoms with Crippen LogP contribution >= 0.6 is 0 Å². The zero-order chi connectivity index (χ0) is 23.3. The molecular weight excluding hydrogens is 406 g/mol. The number of aromatic nitrogens is 1. The van der Waals surface area contributed by atoms with Crippen LogP contribution in [-0.2, 0) is 4.79 Å². The molecule has 1 aliphatic heterocycles. The van der Waals surface area contributed by atoms with Crippen molar-refractivity contribution in [2.45, 2.75) is 32.9 Å². The third-order valence-electron chi connectivity index (χ3n) is 5.80. The van der Waals surface area contributed by atoms with E-state index in [9.17, 15) is 14.7 Å². The average Bonchev–Trinajstić information content (AvgIpc) is 2.80. The van der Waals surface area contributed by atoms with Gasteiger partial charge in [-0.15, -0.1) is 0 Å². The fourth-order valence-electron chi connectivity index (χ4n) is 3.58. The quantitative estimate of drug-likeness (QED) is 0.751. The lowest BCUT2D eigenvalue weighted by atomic mass is 9.99. The highest BCUT2D eigenvalue weighted by molar-refractivity contribution is 5.97. The van der Waals surface area contributed by atoms with Crippen molar-refractivity contribution in [3.63, 3.8) is 0 Å². The lowest BCUT2D eigenvalue weighted by Gasteiger charge is -2.37. The van der Waals surface area contributed by atoms with Gasteiger partial charge in [-0.3, -0.25) is 9.59 Å². The molecule has 1 aromatic carbocycles. The van der Waals surface area contributed by atoms with Crippen LogP contribution in [0.3, 0.4) is 0 Å². The number of likely N-dealkylation sites (N-methyl/N-ethyl adjacent to an activating group) is 1. The fraction of sp³-hybridized carbons (Fsp3) is 0.400. The maximum Gasteiger partial charge on any atom is 0.259 e. The molecule has 1 aromatic heterocycles. The number of pyridine rings is 1. The van der Waals surface area contributed by atoms with Gasteiger partial charge in [-0.25, -0.2) is 4.98 Å². The molecule has 3 atom stereocenters. The Labute approximate surface area is 189 Å². The number of hydrogen-bond donors (Lipinski definition) is 1. The third-order valence-corrected chi connectivity index (χ3v) is 5.80. The van der Waals surface area contributed by atoms with Gasteiger partial charge >= 0.3 is 0 Å². The first-order valence-corrected chi connectivity index (χ1v) is 10.8. The number of benzene rings is 1. The van der Waals surface area contributed by atoms with Crippen molar-refractivity contribution < 1.29 is 19.4 Å². The molecule has 1 N–H and O–H groups in total. The zero-order valence-electron chi connectivity index (χ0n) is 19.1. The number of aliphatic hydroxyl groups excluding tert-OH is 1. The average molecular weight is 438 g/mol. The van der Waals surface area contributed by atoms with Crippen LogP contribution in [0.25, 0.3) is 12.2 Å². The molecule has 170 valence electrons. The van der Waals surface area contributed by atoms with Crippen molar-refractivity contribution in [2.24, 2.45) is 5.92 Å². The second-order valence-corrected chi connectivity index (χ2v) is 8.39. The van der Waals surface area contributed by atoms with Gasteiger partial charge in [-0.1, -0.05) is 49.4 Å². The summed E-state index contributed by atoms with van der Waals surface area (Å²) >= 11 is 0. The van der Waals surface area contributed by atoms with Gasteiger partial charge in [0.15, 0.2) is 0 Å². The van der Waals surface area contributed by atoms with Gasteiger partial charge in [-0.05, 0) is 24.1 Å².